The molecule has 0 aliphatic heterocycles. The summed E-state index contributed by atoms with van der Waals surface area (Å²) in [4.78, 5) is 9.64. The molecule has 25 heavy (non-hydrogen) atoms. The predicted molar refractivity (Wildman–Crippen MR) is 93.8 cm³/mol. The lowest BCUT2D eigenvalue weighted by Gasteiger charge is -2.01. The molecule has 1 atom stereocenters. The smallest absolute Gasteiger partial charge is 0.256 e. The number of nitrogens with zero attached hydrogens (tertiary/aromatic N) is 3. The van der Waals surface area contributed by atoms with E-state index in [-0.39, 0.29) is 11.1 Å². The van der Waals surface area contributed by atoms with Crippen molar-refractivity contribution < 1.29 is 13.3 Å². The van der Waals surface area contributed by atoms with Crippen molar-refractivity contribution in [2.24, 2.45) is 0 Å². The number of thiophene rings is 1. The third-order valence-electron chi connectivity index (χ3n) is 3.42. The average molecular weight is 373 g/mol. The Labute approximate surface area is 150 Å². The van der Waals surface area contributed by atoms with Crippen molar-refractivity contribution >= 4 is 23.1 Å². The van der Waals surface area contributed by atoms with Crippen LogP contribution in [-0.2, 0) is 0 Å². The molecule has 0 amide bonds. The number of rotatable bonds is 5. The molecule has 0 aliphatic rings. The van der Waals surface area contributed by atoms with Crippen LogP contribution < -0.4 is 0 Å². The molecule has 0 saturated heterocycles. The molecule has 1 unspecified atom stereocenters. The summed E-state index contributed by atoms with van der Waals surface area (Å²) in [5.41, 5.74) is 0.770. The maximum Gasteiger partial charge on any atom is 0.256 e. The third-order valence-corrected chi connectivity index (χ3v) is 5.23. The largest absolute Gasteiger partial charge is 0.431 e. The predicted octanol–water partition coefficient (Wildman–Crippen LogP) is 5.45. The average Bonchev–Trinajstić information content (AvgIpc) is 3.36. The first-order valence-electron chi connectivity index (χ1n) is 7.45. The molecule has 1 aromatic carbocycles. The fourth-order valence-corrected chi connectivity index (χ4v) is 3.57. The van der Waals surface area contributed by atoms with Gasteiger partial charge in [0.15, 0.2) is 5.76 Å². The van der Waals surface area contributed by atoms with E-state index in [1.165, 1.54) is 23.9 Å². The first kappa shape index (κ1) is 16.0. The molecule has 0 N–H and O–H groups in total. The maximum absolute atomic E-state index is 13.0. The van der Waals surface area contributed by atoms with Crippen LogP contribution in [0, 0.1) is 5.82 Å². The van der Waals surface area contributed by atoms with E-state index in [9.17, 15) is 4.39 Å². The lowest BCUT2D eigenvalue weighted by molar-refractivity contribution is 0.379. The van der Waals surface area contributed by atoms with Crippen LogP contribution in [0.4, 0.5) is 4.39 Å². The van der Waals surface area contributed by atoms with Gasteiger partial charge in [0, 0.05) is 5.56 Å². The standard InChI is InChI=1S/C17H12FN3O2S2/c1-10(16-20-15(21-23-16)14-3-2-8-24-14)25-17-19-9-13(22-17)11-4-6-12(18)7-5-11/h2-10H,1H3. The van der Waals surface area contributed by atoms with Crippen molar-refractivity contribution in [3.05, 3.63) is 59.7 Å². The fourth-order valence-electron chi connectivity index (χ4n) is 2.17. The van der Waals surface area contributed by atoms with Gasteiger partial charge < -0.3 is 8.94 Å². The van der Waals surface area contributed by atoms with Gasteiger partial charge in [-0.3, -0.25) is 0 Å². The number of thioether (sulfide) groups is 1. The zero-order valence-corrected chi connectivity index (χ0v) is 14.7. The summed E-state index contributed by atoms with van der Waals surface area (Å²) in [5, 5.41) is 6.35. The van der Waals surface area contributed by atoms with Crippen molar-refractivity contribution in [2.75, 3.05) is 0 Å². The highest BCUT2D eigenvalue weighted by molar-refractivity contribution is 7.99. The van der Waals surface area contributed by atoms with E-state index in [0.717, 1.165) is 10.4 Å². The number of hydrogen-bond acceptors (Lipinski definition) is 7. The molecule has 0 saturated carbocycles. The van der Waals surface area contributed by atoms with Gasteiger partial charge in [-0.05, 0) is 42.6 Å². The van der Waals surface area contributed by atoms with Crippen LogP contribution in [0.2, 0.25) is 0 Å². The lowest BCUT2D eigenvalue weighted by Crippen LogP contribution is -1.88. The minimum atomic E-state index is -0.288. The number of halogens is 1. The summed E-state index contributed by atoms with van der Waals surface area (Å²) in [6, 6.07) is 9.96. The summed E-state index contributed by atoms with van der Waals surface area (Å²) >= 11 is 2.94. The Morgan fingerprint density at radius 2 is 2.04 bits per heavy atom. The minimum Gasteiger partial charge on any atom is -0.431 e. The normalized spacial score (nSPS) is 12.4. The molecule has 4 aromatic rings. The van der Waals surface area contributed by atoms with E-state index in [0.29, 0.717) is 22.7 Å². The van der Waals surface area contributed by atoms with Gasteiger partial charge in [0.25, 0.3) is 5.22 Å². The van der Waals surface area contributed by atoms with Crippen molar-refractivity contribution in [3.63, 3.8) is 0 Å². The Morgan fingerprint density at radius 3 is 2.80 bits per heavy atom. The first-order chi connectivity index (χ1) is 12.2. The molecule has 8 heteroatoms. The summed E-state index contributed by atoms with van der Waals surface area (Å²) in [5.74, 6) is 1.38. The molecular weight excluding hydrogens is 361 g/mol. The van der Waals surface area contributed by atoms with Gasteiger partial charge in [-0.2, -0.15) is 4.98 Å². The van der Waals surface area contributed by atoms with Crippen LogP contribution in [0.1, 0.15) is 18.1 Å². The highest BCUT2D eigenvalue weighted by Gasteiger charge is 2.19. The van der Waals surface area contributed by atoms with Gasteiger partial charge in [-0.15, -0.1) is 11.3 Å². The van der Waals surface area contributed by atoms with Crippen LogP contribution >= 0.6 is 23.1 Å². The Bertz CT molecular complexity index is 964. The van der Waals surface area contributed by atoms with Crippen LogP contribution in [0.15, 0.2) is 62.1 Å². The number of benzene rings is 1. The summed E-state index contributed by atoms with van der Waals surface area (Å²) < 4.78 is 24.1. The summed E-state index contributed by atoms with van der Waals surface area (Å²) in [6.45, 7) is 1.94. The molecule has 0 spiro atoms. The van der Waals surface area contributed by atoms with E-state index in [1.807, 2.05) is 24.4 Å². The Morgan fingerprint density at radius 1 is 1.20 bits per heavy atom. The molecule has 0 aliphatic carbocycles. The van der Waals surface area contributed by atoms with Gasteiger partial charge in [0.2, 0.25) is 11.7 Å². The fraction of sp³-hybridized carbons (Fsp3) is 0.118. The van der Waals surface area contributed by atoms with Crippen molar-refractivity contribution in [1.82, 2.24) is 15.1 Å². The zero-order valence-electron chi connectivity index (χ0n) is 13.0. The van der Waals surface area contributed by atoms with Crippen LogP contribution in [0.5, 0.6) is 0 Å². The highest BCUT2D eigenvalue weighted by atomic mass is 32.2. The molecule has 126 valence electrons. The lowest BCUT2D eigenvalue weighted by atomic mass is 10.2. The van der Waals surface area contributed by atoms with E-state index >= 15 is 0 Å². The van der Waals surface area contributed by atoms with Gasteiger partial charge >= 0.3 is 0 Å². The second-order valence-electron chi connectivity index (χ2n) is 5.19. The Balaban J connectivity index is 1.48. The Kier molecular flexibility index (Phi) is 4.37. The van der Waals surface area contributed by atoms with Gasteiger partial charge in [-0.25, -0.2) is 9.37 Å². The summed E-state index contributed by atoms with van der Waals surface area (Å²) in [7, 11) is 0. The SMILES string of the molecule is CC(Sc1ncc(-c2ccc(F)cc2)o1)c1nc(-c2cccs2)no1. The molecule has 0 radical (unpaired) electrons. The van der Waals surface area contributed by atoms with E-state index < -0.39 is 0 Å². The van der Waals surface area contributed by atoms with E-state index in [4.69, 9.17) is 8.94 Å². The van der Waals surface area contributed by atoms with E-state index in [1.54, 1.807) is 29.7 Å². The topological polar surface area (TPSA) is 65.0 Å². The molecule has 3 aromatic heterocycles. The highest BCUT2D eigenvalue weighted by Crippen LogP contribution is 2.36. The molecular formula is C17H12FN3O2S2. The van der Waals surface area contributed by atoms with Crippen LogP contribution in [0.3, 0.4) is 0 Å². The third kappa shape index (κ3) is 3.49. The zero-order chi connectivity index (χ0) is 17.2. The number of aromatic nitrogens is 3. The molecule has 3 heterocycles. The van der Waals surface area contributed by atoms with Crippen molar-refractivity contribution in [2.45, 2.75) is 17.4 Å². The minimum absolute atomic E-state index is 0.110. The monoisotopic (exact) mass is 373 g/mol. The molecule has 5 nitrogen and oxygen atoms in total. The van der Waals surface area contributed by atoms with Gasteiger partial charge in [0.05, 0.1) is 16.3 Å². The molecule has 0 bridgehead atoms. The second-order valence-corrected chi connectivity index (χ2v) is 7.43. The number of hydrogen-bond donors (Lipinski definition) is 0. The quantitative estimate of drug-likeness (QED) is 0.434. The number of oxazole rings is 1. The first-order valence-corrected chi connectivity index (χ1v) is 9.21. The van der Waals surface area contributed by atoms with E-state index in [2.05, 4.69) is 15.1 Å². The molecule has 4 rings (SSSR count). The van der Waals surface area contributed by atoms with Gasteiger partial charge in [-0.1, -0.05) is 23.0 Å². The van der Waals surface area contributed by atoms with Crippen LogP contribution in [-0.4, -0.2) is 15.1 Å². The van der Waals surface area contributed by atoms with Crippen molar-refractivity contribution in [1.29, 1.82) is 0 Å². The van der Waals surface area contributed by atoms with Gasteiger partial charge in [0.1, 0.15) is 5.82 Å². The van der Waals surface area contributed by atoms with Crippen molar-refractivity contribution in [3.8, 4) is 22.0 Å². The second kappa shape index (κ2) is 6.81. The maximum atomic E-state index is 13.0. The Hall–Kier alpha value is -2.45. The molecule has 0 fully saturated rings. The van der Waals surface area contributed by atoms with Crippen LogP contribution in [0.25, 0.3) is 22.0 Å². The summed E-state index contributed by atoms with van der Waals surface area (Å²) in [6.07, 6.45) is 1.62.